The summed E-state index contributed by atoms with van der Waals surface area (Å²) in [6.07, 6.45) is 2.49. The Kier molecular flexibility index (Phi) is 7.14. The Balaban J connectivity index is 1.98. The normalized spacial score (nSPS) is 11.2. The molecule has 0 saturated heterocycles. The van der Waals surface area contributed by atoms with E-state index in [0.29, 0.717) is 13.1 Å². The van der Waals surface area contributed by atoms with Crippen LogP contribution in [-0.2, 0) is 13.0 Å². The monoisotopic (exact) mass is 341 g/mol. The zero-order valence-electron chi connectivity index (χ0n) is 15.3. The van der Waals surface area contributed by atoms with Gasteiger partial charge in [0.05, 0.1) is 19.9 Å². The number of guanidine groups is 1. The van der Waals surface area contributed by atoms with Crippen LogP contribution >= 0.6 is 0 Å². The molecule has 0 saturated carbocycles. The van der Waals surface area contributed by atoms with Gasteiger partial charge in [-0.3, -0.25) is 0 Å². The zero-order chi connectivity index (χ0) is 18.1. The van der Waals surface area contributed by atoms with Gasteiger partial charge in [-0.25, -0.2) is 4.99 Å². The van der Waals surface area contributed by atoms with E-state index in [-0.39, 0.29) is 0 Å². The summed E-state index contributed by atoms with van der Waals surface area (Å²) in [6.45, 7) is 9.96. The number of nitrogens with zero attached hydrogens (tertiary/aromatic N) is 1. The van der Waals surface area contributed by atoms with Crippen molar-refractivity contribution >= 4 is 5.96 Å². The molecule has 1 aromatic carbocycles. The summed E-state index contributed by atoms with van der Waals surface area (Å²) in [5.41, 5.74) is 3.32. The summed E-state index contributed by atoms with van der Waals surface area (Å²) in [7, 11) is 1.68. The molecular formula is C20H27N3O2. The van der Waals surface area contributed by atoms with Crippen molar-refractivity contribution in [3.05, 3.63) is 65.6 Å². The summed E-state index contributed by atoms with van der Waals surface area (Å²) in [5.74, 6) is 2.57. The van der Waals surface area contributed by atoms with Gasteiger partial charge < -0.3 is 19.8 Å². The van der Waals surface area contributed by atoms with Gasteiger partial charge in [0.25, 0.3) is 0 Å². The number of benzene rings is 1. The Morgan fingerprint density at radius 2 is 2.12 bits per heavy atom. The first-order chi connectivity index (χ1) is 12.1. The van der Waals surface area contributed by atoms with Crippen molar-refractivity contribution in [2.24, 2.45) is 4.99 Å². The maximum Gasteiger partial charge on any atom is 0.191 e. The molecule has 2 rings (SSSR count). The average Bonchev–Trinajstić information content (AvgIpc) is 3.09. The van der Waals surface area contributed by atoms with Gasteiger partial charge in [-0.15, -0.1) is 0 Å². The van der Waals surface area contributed by atoms with Crippen LogP contribution in [0, 0.1) is 6.92 Å². The maximum atomic E-state index is 5.35. The highest BCUT2D eigenvalue weighted by Crippen LogP contribution is 2.17. The lowest BCUT2D eigenvalue weighted by atomic mass is 10.1. The molecule has 1 aromatic heterocycles. The molecule has 0 unspecified atom stereocenters. The second-order valence-corrected chi connectivity index (χ2v) is 6.09. The van der Waals surface area contributed by atoms with Crippen LogP contribution in [0.15, 0.2) is 58.2 Å². The highest BCUT2D eigenvalue weighted by Gasteiger charge is 2.02. The summed E-state index contributed by atoms with van der Waals surface area (Å²) >= 11 is 0. The molecule has 0 aliphatic rings. The van der Waals surface area contributed by atoms with E-state index >= 15 is 0 Å². The molecule has 2 N–H and O–H groups in total. The molecule has 5 nitrogen and oxygen atoms in total. The Morgan fingerprint density at radius 3 is 2.80 bits per heavy atom. The van der Waals surface area contributed by atoms with E-state index < -0.39 is 0 Å². The lowest BCUT2D eigenvalue weighted by Crippen LogP contribution is -2.39. The Morgan fingerprint density at radius 1 is 1.28 bits per heavy atom. The highest BCUT2D eigenvalue weighted by atomic mass is 16.5. The van der Waals surface area contributed by atoms with Gasteiger partial charge in [0, 0.05) is 19.5 Å². The van der Waals surface area contributed by atoms with Crippen LogP contribution in [-0.4, -0.2) is 26.2 Å². The SMILES string of the molecule is C=C(C)CNC(=NCc1cc(C)cc(OC)c1)NCCc1ccco1. The summed E-state index contributed by atoms with van der Waals surface area (Å²) in [5, 5.41) is 6.62. The predicted octanol–water partition coefficient (Wildman–Crippen LogP) is 3.45. The molecule has 0 atom stereocenters. The molecule has 0 fully saturated rings. The van der Waals surface area contributed by atoms with E-state index in [1.54, 1.807) is 13.4 Å². The van der Waals surface area contributed by atoms with Crippen molar-refractivity contribution in [3.8, 4) is 5.75 Å². The van der Waals surface area contributed by atoms with Gasteiger partial charge in [0.2, 0.25) is 0 Å². The van der Waals surface area contributed by atoms with Crippen molar-refractivity contribution < 1.29 is 9.15 Å². The van der Waals surface area contributed by atoms with Gasteiger partial charge in [-0.1, -0.05) is 18.2 Å². The van der Waals surface area contributed by atoms with E-state index in [9.17, 15) is 0 Å². The third kappa shape index (κ3) is 6.75. The first-order valence-corrected chi connectivity index (χ1v) is 8.40. The number of hydrogen-bond donors (Lipinski definition) is 2. The number of aliphatic imine (C=N–C) groups is 1. The van der Waals surface area contributed by atoms with E-state index in [1.807, 2.05) is 31.2 Å². The Bertz CT molecular complexity index is 706. The zero-order valence-corrected chi connectivity index (χ0v) is 15.3. The number of furan rings is 1. The van der Waals surface area contributed by atoms with E-state index in [0.717, 1.165) is 47.1 Å². The summed E-state index contributed by atoms with van der Waals surface area (Å²) in [6, 6.07) is 10.0. The van der Waals surface area contributed by atoms with E-state index in [4.69, 9.17) is 9.15 Å². The van der Waals surface area contributed by atoms with Crippen molar-refractivity contribution in [2.45, 2.75) is 26.8 Å². The molecule has 0 spiro atoms. The highest BCUT2D eigenvalue weighted by molar-refractivity contribution is 5.80. The van der Waals surface area contributed by atoms with Crippen LogP contribution in [0.4, 0.5) is 0 Å². The van der Waals surface area contributed by atoms with Crippen LogP contribution in [0.5, 0.6) is 5.75 Å². The first-order valence-electron chi connectivity index (χ1n) is 8.40. The number of aryl methyl sites for hydroxylation is 1. The third-order valence-corrected chi connectivity index (χ3v) is 3.57. The average molecular weight is 341 g/mol. The van der Waals surface area contributed by atoms with Crippen molar-refractivity contribution in [1.82, 2.24) is 10.6 Å². The van der Waals surface area contributed by atoms with Crippen LogP contribution in [0.2, 0.25) is 0 Å². The first kappa shape index (κ1) is 18.6. The summed E-state index contributed by atoms with van der Waals surface area (Å²) < 4.78 is 10.7. The molecule has 0 radical (unpaired) electrons. The topological polar surface area (TPSA) is 58.8 Å². The van der Waals surface area contributed by atoms with Gasteiger partial charge in [-0.05, 0) is 49.2 Å². The molecule has 1 heterocycles. The molecule has 0 aliphatic carbocycles. The minimum absolute atomic E-state index is 0.574. The molecule has 2 aromatic rings. The smallest absolute Gasteiger partial charge is 0.191 e. The Hall–Kier alpha value is -2.69. The number of rotatable bonds is 8. The summed E-state index contributed by atoms with van der Waals surface area (Å²) in [4.78, 5) is 4.67. The Labute approximate surface area is 149 Å². The van der Waals surface area contributed by atoms with Crippen molar-refractivity contribution in [3.63, 3.8) is 0 Å². The molecule has 0 aliphatic heterocycles. The lowest BCUT2D eigenvalue weighted by molar-refractivity contribution is 0.414. The van der Waals surface area contributed by atoms with Gasteiger partial charge >= 0.3 is 0 Å². The number of hydrogen-bond acceptors (Lipinski definition) is 3. The fraction of sp³-hybridized carbons (Fsp3) is 0.350. The number of methoxy groups -OCH3 is 1. The van der Waals surface area contributed by atoms with Gasteiger partial charge in [-0.2, -0.15) is 0 Å². The van der Waals surface area contributed by atoms with Gasteiger partial charge in [0.15, 0.2) is 5.96 Å². The number of nitrogens with one attached hydrogen (secondary N) is 2. The minimum Gasteiger partial charge on any atom is -0.497 e. The quantitative estimate of drug-likeness (QED) is 0.439. The fourth-order valence-corrected chi connectivity index (χ4v) is 2.37. The van der Waals surface area contributed by atoms with E-state index in [2.05, 4.69) is 35.2 Å². The molecule has 5 heteroatoms. The van der Waals surface area contributed by atoms with Gasteiger partial charge in [0.1, 0.15) is 11.5 Å². The predicted molar refractivity (Wildman–Crippen MR) is 102 cm³/mol. The number of ether oxygens (including phenoxy) is 1. The second-order valence-electron chi connectivity index (χ2n) is 6.09. The molecular weight excluding hydrogens is 314 g/mol. The van der Waals surface area contributed by atoms with Crippen molar-refractivity contribution in [1.29, 1.82) is 0 Å². The fourth-order valence-electron chi connectivity index (χ4n) is 2.37. The minimum atomic E-state index is 0.574. The lowest BCUT2D eigenvalue weighted by Gasteiger charge is -2.12. The van der Waals surface area contributed by atoms with E-state index in [1.165, 1.54) is 0 Å². The third-order valence-electron chi connectivity index (χ3n) is 3.57. The van der Waals surface area contributed by atoms with Crippen LogP contribution < -0.4 is 15.4 Å². The maximum absolute atomic E-state index is 5.35. The molecule has 0 bridgehead atoms. The van der Waals surface area contributed by atoms with Crippen LogP contribution in [0.25, 0.3) is 0 Å². The van der Waals surface area contributed by atoms with Crippen LogP contribution in [0.1, 0.15) is 23.8 Å². The standard InChI is InChI=1S/C20H27N3O2/c1-15(2)13-22-20(21-8-7-18-6-5-9-25-18)23-14-17-10-16(3)11-19(12-17)24-4/h5-6,9-12H,1,7-8,13-14H2,2-4H3,(H2,21,22,23). The van der Waals surface area contributed by atoms with Crippen molar-refractivity contribution in [2.75, 3.05) is 20.2 Å². The second kappa shape index (κ2) is 9.57. The molecule has 25 heavy (non-hydrogen) atoms. The molecule has 0 amide bonds. The molecule has 134 valence electrons. The largest absolute Gasteiger partial charge is 0.497 e. The van der Waals surface area contributed by atoms with Crippen LogP contribution in [0.3, 0.4) is 0 Å².